The van der Waals surface area contributed by atoms with Gasteiger partial charge in [0.2, 0.25) is 5.95 Å². The number of nitro benzene ring substituents is 1. The van der Waals surface area contributed by atoms with Gasteiger partial charge in [-0.15, -0.1) is 0 Å². The molecule has 1 heterocycles. The highest BCUT2D eigenvalue weighted by atomic mass is 16.6. The number of ether oxygens (including phenoxy) is 1. The quantitative estimate of drug-likeness (QED) is 0.617. The van der Waals surface area contributed by atoms with Crippen LogP contribution in [0.3, 0.4) is 0 Å². The lowest BCUT2D eigenvalue weighted by Crippen LogP contribution is -2.22. The van der Waals surface area contributed by atoms with Crippen LogP contribution in [-0.2, 0) is 4.74 Å². The highest BCUT2D eigenvalue weighted by Crippen LogP contribution is 2.20. The molecule has 0 fully saturated rings. The summed E-state index contributed by atoms with van der Waals surface area (Å²) in [5, 5.41) is 13.8. The fourth-order valence-electron chi connectivity index (χ4n) is 1.75. The SMILES string of the molecule is CCOCC(C)Nc1nc2ccc([N+](=O)[O-])cc2[nH]1. The molecule has 0 aliphatic carbocycles. The number of hydrogen-bond acceptors (Lipinski definition) is 5. The Kier molecular flexibility index (Phi) is 3.96. The van der Waals surface area contributed by atoms with E-state index in [9.17, 15) is 10.1 Å². The predicted molar refractivity (Wildman–Crippen MR) is 72.3 cm³/mol. The number of rotatable bonds is 6. The van der Waals surface area contributed by atoms with Crippen molar-refractivity contribution in [3.63, 3.8) is 0 Å². The Morgan fingerprint density at radius 3 is 3.05 bits per heavy atom. The minimum atomic E-state index is -0.426. The van der Waals surface area contributed by atoms with E-state index in [1.54, 1.807) is 6.07 Å². The number of imidazole rings is 1. The number of aromatic amines is 1. The molecule has 0 aliphatic rings. The normalized spacial score (nSPS) is 12.5. The molecule has 7 heteroatoms. The predicted octanol–water partition coefficient (Wildman–Crippen LogP) is 2.31. The summed E-state index contributed by atoms with van der Waals surface area (Å²) < 4.78 is 5.30. The van der Waals surface area contributed by atoms with Crippen molar-refractivity contribution >= 4 is 22.7 Å². The second kappa shape index (κ2) is 5.66. The van der Waals surface area contributed by atoms with Crippen LogP contribution in [0.15, 0.2) is 18.2 Å². The third-order valence-electron chi connectivity index (χ3n) is 2.63. The van der Waals surface area contributed by atoms with Gasteiger partial charge in [0.05, 0.1) is 22.6 Å². The molecular weight excluding hydrogens is 248 g/mol. The maximum atomic E-state index is 10.7. The number of nitrogens with one attached hydrogen (secondary N) is 2. The molecular formula is C12H16N4O3. The summed E-state index contributed by atoms with van der Waals surface area (Å²) in [6.45, 7) is 5.16. The Hall–Kier alpha value is -2.15. The standard InChI is InChI=1S/C12H16N4O3/c1-3-19-7-8(2)13-12-14-10-5-4-9(16(17)18)6-11(10)15-12/h4-6,8H,3,7H2,1-2H3,(H2,13,14,15). The van der Waals surface area contributed by atoms with E-state index in [1.807, 2.05) is 13.8 Å². The first-order chi connectivity index (χ1) is 9.10. The molecule has 0 saturated heterocycles. The van der Waals surface area contributed by atoms with E-state index >= 15 is 0 Å². The van der Waals surface area contributed by atoms with Crippen LogP contribution in [0.4, 0.5) is 11.6 Å². The lowest BCUT2D eigenvalue weighted by atomic mass is 10.3. The molecule has 7 nitrogen and oxygen atoms in total. The van der Waals surface area contributed by atoms with E-state index in [1.165, 1.54) is 12.1 Å². The van der Waals surface area contributed by atoms with Crippen molar-refractivity contribution in [3.8, 4) is 0 Å². The second-order valence-corrected chi connectivity index (χ2v) is 4.25. The number of nitro groups is 1. The van der Waals surface area contributed by atoms with E-state index in [-0.39, 0.29) is 11.7 Å². The molecule has 102 valence electrons. The maximum Gasteiger partial charge on any atom is 0.271 e. The Balaban J connectivity index is 2.15. The highest BCUT2D eigenvalue weighted by molar-refractivity contribution is 5.79. The van der Waals surface area contributed by atoms with E-state index in [4.69, 9.17) is 4.74 Å². The summed E-state index contributed by atoms with van der Waals surface area (Å²) in [6, 6.07) is 4.65. The number of hydrogen-bond donors (Lipinski definition) is 2. The van der Waals surface area contributed by atoms with E-state index in [0.29, 0.717) is 30.2 Å². The fourth-order valence-corrected chi connectivity index (χ4v) is 1.75. The van der Waals surface area contributed by atoms with Crippen molar-refractivity contribution in [2.45, 2.75) is 19.9 Å². The number of anilines is 1. The van der Waals surface area contributed by atoms with Crippen molar-refractivity contribution < 1.29 is 9.66 Å². The third kappa shape index (κ3) is 3.19. The summed E-state index contributed by atoms with van der Waals surface area (Å²) in [5.74, 6) is 0.586. The monoisotopic (exact) mass is 264 g/mol. The zero-order valence-electron chi connectivity index (χ0n) is 10.8. The van der Waals surface area contributed by atoms with Gasteiger partial charge in [-0.1, -0.05) is 0 Å². The minimum Gasteiger partial charge on any atom is -0.380 e. The Morgan fingerprint density at radius 1 is 1.58 bits per heavy atom. The van der Waals surface area contributed by atoms with Crippen molar-refractivity contribution in [3.05, 3.63) is 28.3 Å². The molecule has 1 aromatic heterocycles. The van der Waals surface area contributed by atoms with Crippen LogP contribution in [0.25, 0.3) is 11.0 Å². The van der Waals surface area contributed by atoms with Crippen LogP contribution < -0.4 is 5.32 Å². The van der Waals surface area contributed by atoms with Crippen LogP contribution in [0.2, 0.25) is 0 Å². The molecule has 0 bridgehead atoms. The van der Waals surface area contributed by atoms with Gasteiger partial charge in [-0.05, 0) is 19.9 Å². The van der Waals surface area contributed by atoms with Crippen LogP contribution in [0.5, 0.6) is 0 Å². The van der Waals surface area contributed by atoms with Gasteiger partial charge in [0, 0.05) is 24.8 Å². The summed E-state index contributed by atoms with van der Waals surface area (Å²) in [6.07, 6.45) is 0. The molecule has 0 amide bonds. The number of aromatic nitrogens is 2. The zero-order valence-corrected chi connectivity index (χ0v) is 10.8. The van der Waals surface area contributed by atoms with Gasteiger partial charge in [0.15, 0.2) is 0 Å². The van der Waals surface area contributed by atoms with Gasteiger partial charge in [-0.25, -0.2) is 4.98 Å². The highest BCUT2D eigenvalue weighted by Gasteiger charge is 2.10. The molecule has 0 aliphatic heterocycles. The van der Waals surface area contributed by atoms with Gasteiger partial charge >= 0.3 is 0 Å². The topological polar surface area (TPSA) is 93.1 Å². The molecule has 2 rings (SSSR count). The number of H-pyrrole nitrogens is 1. The molecule has 0 saturated carbocycles. The summed E-state index contributed by atoms with van der Waals surface area (Å²) in [4.78, 5) is 17.6. The Labute approximate surface area is 110 Å². The third-order valence-corrected chi connectivity index (χ3v) is 2.63. The smallest absolute Gasteiger partial charge is 0.271 e. The second-order valence-electron chi connectivity index (χ2n) is 4.25. The van der Waals surface area contributed by atoms with Gasteiger partial charge in [-0.3, -0.25) is 10.1 Å². The average molecular weight is 264 g/mol. The fraction of sp³-hybridized carbons (Fsp3) is 0.417. The summed E-state index contributed by atoms with van der Waals surface area (Å²) in [5.41, 5.74) is 1.38. The van der Waals surface area contributed by atoms with Crippen molar-refractivity contribution in [1.82, 2.24) is 9.97 Å². The first-order valence-electron chi connectivity index (χ1n) is 6.08. The van der Waals surface area contributed by atoms with E-state index in [0.717, 1.165) is 0 Å². The maximum absolute atomic E-state index is 10.7. The summed E-state index contributed by atoms with van der Waals surface area (Å²) in [7, 11) is 0. The van der Waals surface area contributed by atoms with Crippen LogP contribution in [0.1, 0.15) is 13.8 Å². The van der Waals surface area contributed by atoms with Crippen LogP contribution in [0, 0.1) is 10.1 Å². The van der Waals surface area contributed by atoms with Gasteiger partial charge in [-0.2, -0.15) is 0 Å². The lowest BCUT2D eigenvalue weighted by Gasteiger charge is -2.11. The van der Waals surface area contributed by atoms with Gasteiger partial charge in [0.1, 0.15) is 0 Å². The first kappa shape index (κ1) is 13.3. The van der Waals surface area contributed by atoms with Crippen molar-refractivity contribution in [1.29, 1.82) is 0 Å². The van der Waals surface area contributed by atoms with Crippen LogP contribution >= 0.6 is 0 Å². The molecule has 2 N–H and O–H groups in total. The van der Waals surface area contributed by atoms with Crippen molar-refractivity contribution in [2.24, 2.45) is 0 Å². The molecule has 2 aromatic rings. The largest absolute Gasteiger partial charge is 0.380 e. The number of nitrogens with zero attached hydrogens (tertiary/aromatic N) is 2. The van der Waals surface area contributed by atoms with Crippen molar-refractivity contribution in [2.75, 3.05) is 18.5 Å². The number of benzene rings is 1. The van der Waals surface area contributed by atoms with Gasteiger partial charge in [0.25, 0.3) is 5.69 Å². The Bertz CT molecular complexity index is 581. The number of non-ortho nitro benzene ring substituents is 1. The average Bonchev–Trinajstić information content (AvgIpc) is 2.77. The number of fused-ring (bicyclic) bond motifs is 1. The van der Waals surface area contributed by atoms with E-state index < -0.39 is 4.92 Å². The molecule has 19 heavy (non-hydrogen) atoms. The zero-order chi connectivity index (χ0) is 13.8. The Morgan fingerprint density at radius 2 is 2.37 bits per heavy atom. The molecule has 0 spiro atoms. The molecule has 1 unspecified atom stereocenters. The lowest BCUT2D eigenvalue weighted by molar-refractivity contribution is -0.384. The van der Waals surface area contributed by atoms with E-state index in [2.05, 4.69) is 15.3 Å². The van der Waals surface area contributed by atoms with Crippen LogP contribution in [-0.4, -0.2) is 34.1 Å². The first-order valence-corrected chi connectivity index (χ1v) is 6.08. The molecule has 0 radical (unpaired) electrons. The summed E-state index contributed by atoms with van der Waals surface area (Å²) >= 11 is 0. The van der Waals surface area contributed by atoms with Gasteiger partial charge < -0.3 is 15.0 Å². The minimum absolute atomic E-state index is 0.0464. The molecule has 1 atom stereocenters. The molecule has 1 aromatic carbocycles.